The number of esters is 1. The molecule has 0 spiro atoms. The van der Waals surface area contributed by atoms with Crippen molar-refractivity contribution in [3.63, 3.8) is 0 Å². The van der Waals surface area contributed by atoms with Crippen LogP contribution in [0.25, 0.3) is 0 Å². The lowest BCUT2D eigenvalue weighted by atomic mass is 9.99. The molecule has 0 aliphatic rings. The first-order valence-electron chi connectivity index (χ1n) is 9.89. The Kier molecular flexibility index (Phi) is 10.4. The first kappa shape index (κ1) is 24.9. The SMILES string of the molecule is CCOC(=O)[C@@H](C)C[C@@H](NC(=O)[C@H](NC(=O)OCc1ccccc1)C(C)C)C(N)=O. The molecule has 9 nitrogen and oxygen atoms in total. The van der Waals surface area contributed by atoms with Gasteiger partial charge in [-0.15, -0.1) is 0 Å². The van der Waals surface area contributed by atoms with Gasteiger partial charge in [-0.2, -0.15) is 0 Å². The van der Waals surface area contributed by atoms with E-state index in [1.54, 1.807) is 27.7 Å². The van der Waals surface area contributed by atoms with E-state index in [0.29, 0.717) is 0 Å². The van der Waals surface area contributed by atoms with Crippen LogP contribution in [0.1, 0.15) is 39.7 Å². The highest BCUT2D eigenvalue weighted by molar-refractivity contribution is 5.91. The van der Waals surface area contributed by atoms with Crippen LogP contribution in [0.3, 0.4) is 0 Å². The molecule has 30 heavy (non-hydrogen) atoms. The molecule has 9 heteroatoms. The number of ether oxygens (including phenoxy) is 2. The fourth-order valence-corrected chi connectivity index (χ4v) is 2.67. The lowest BCUT2D eigenvalue weighted by molar-refractivity contribution is -0.148. The zero-order valence-electron chi connectivity index (χ0n) is 17.8. The van der Waals surface area contributed by atoms with Crippen molar-refractivity contribution in [2.75, 3.05) is 6.61 Å². The van der Waals surface area contributed by atoms with E-state index < -0.39 is 41.9 Å². The molecule has 3 amide bonds. The van der Waals surface area contributed by atoms with Gasteiger partial charge in [0.15, 0.2) is 0 Å². The van der Waals surface area contributed by atoms with Crippen molar-refractivity contribution >= 4 is 23.9 Å². The summed E-state index contributed by atoms with van der Waals surface area (Å²) in [6.45, 7) is 7.00. The van der Waals surface area contributed by atoms with E-state index in [9.17, 15) is 19.2 Å². The number of benzene rings is 1. The van der Waals surface area contributed by atoms with E-state index in [4.69, 9.17) is 15.2 Å². The fourth-order valence-electron chi connectivity index (χ4n) is 2.67. The van der Waals surface area contributed by atoms with Crippen molar-refractivity contribution in [1.82, 2.24) is 10.6 Å². The lowest BCUT2D eigenvalue weighted by Crippen LogP contribution is -2.55. The molecule has 4 N–H and O–H groups in total. The summed E-state index contributed by atoms with van der Waals surface area (Å²) in [7, 11) is 0. The predicted molar refractivity (Wildman–Crippen MR) is 110 cm³/mol. The second kappa shape index (κ2) is 12.5. The Morgan fingerprint density at radius 3 is 2.17 bits per heavy atom. The third kappa shape index (κ3) is 8.50. The molecule has 1 aromatic carbocycles. The summed E-state index contributed by atoms with van der Waals surface area (Å²) in [5.74, 6) is -2.79. The minimum atomic E-state index is -1.08. The zero-order valence-corrected chi connectivity index (χ0v) is 17.8. The maximum Gasteiger partial charge on any atom is 0.408 e. The molecule has 0 aliphatic carbocycles. The van der Waals surface area contributed by atoms with Crippen LogP contribution < -0.4 is 16.4 Å². The first-order valence-corrected chi connectivity index (χ1v) is 9.89. The summed E-state index contributed by atoms with van der Waals surface area (Å²) in [6.07, 6.45) is -0.772. The lowest BCUT2D eigenvalue weighted by Gasteiger charge is -2.25. The Labute approximate surface area is 176 Å². The average molecular weight is 421 g/mol. The quantitative estimate of drug-likeness (QED) is 0.463. The third-order valence-electron chi connectivity index (χ3n) is 4.37. The number of primary amides is 1. The van der Waals surface area contributed by atoms with Crippen LogP contribution in [0, 0.1) is 11.8 Å². The number of nitrogens with two attached hydrogens (primary N) is 1. The van der Waals surface area contributed by atoms with Crippen molar-refractivity contribution < 1.29 is 28.7 Å². The van der Waals surface area contributed by atoms with Gasteiger partial charge in [-0.25, -0.2) is 4.79 Å². The second-order valence-corrected chi connectivity index (χ2v) is 7.28. The van der Waals surface area contributed by atoms with Crippen molar-refractivity contribution in [3.8, 4) is 0 Å². The minimum Gasteiger partial charge on any atom is -0.466 e. The molecule has 0 saturated heterocycles. The molecule has 3 atom stereocenters. The molecule has 0 aliphatic heterocycles. The number of hydrogen-bond donors (Lipinski definition) is 3. The number of hydrogen-bond acceptors (Lipinski definition) is 6. The molecule has 0 unspecified atom stereocenters. The van der Waals surface area contributed by atoms with Gasteiger partial charge in [0, 0.05) is 0 Å². The van der Waals surface area contributed by atoms with Crippen LogP contribution in [0.15, 0.2) is 30.3 Å². The Hall–Kier alpha value is -3.10. The molecule has 1 aromatic rings. The molecule has 0 fully saturated rings. The van der Waals surface area contributed by atoms with Gasteiger partial charge in [0.25, 0.3) is 0 Å². The molecule has 0 heterocycles. The van der Waals surface area contributed by atoms with Crippen LogP contribution >= 0.6 is 0 Å². The van der Waals surface area contributed by atoms with Crippen molar-refractivity contribution in [3.05, 3.63) is 35.9 Å². The Morgan fingerprint density at radius 1 is 1.00 bits per heavy atom. The van der Waals surface area contributed by atoms with Crippen LogP contribution in [-0.4, -0.2) is 42.6 Å². The predicted octanol–water partition coefficient (Wildman–Crippen LogP) is 1.50. The molecule has 0 bridgehead atoms. The average Bonchev–Trinajstić information content (AvgIpc) is 2.70. The highest BCUT2D eigenvalue weighted by atomic mass is 16.5. The van der Waals surface area contributed by atoms with Crippen LogP contribution in [0.5, 0.6) is 0 Å². The van der Waals surface area contributed by atoms with Crippen molar-refractivity contribution in [2.24, 2.45) is 17.6 Å². The number of carbonyl (C=O) groups is 4. The van der Waals surface area contributed by atoms with Crippen LogP contribution in [0.2, 0.25) is 0 Å². The van der Waals surface area contributed by atoms with E-state index in [1.807, 2.05) is 30.3 Å². The van der Waals surface area contributed by atoms with Crippen LogP contribution in [0.4, 0.5) is 4.79 Å². The molecule has 0 radical (unpaired) electrons. The second-order valence-electron chi connectivity index (χ2n) is 7.28. The van der Waals surface area contributed by atoms with Crippen molar-refractivity contribution in [2.45, 2.75) is 52.8 Å². The van der Waals surface area contributed by atoms with Gasteiger partial charge in [-0.3, -0.25) is 14.4 Å². The summed E-state index contributed by atoms with van der Waals surface area (Å²) in [4.78, 5) is 48.4. The van der Waals surface area contributed by atoms with Gasteiger partial charge in [0.05, 0.1) is 12.5 Å². The summed E-state index contributed by atoms with van der Waals surface area (Å²) < 4.78 is 10.1. The highest BCUT2D eigenvalue weighted by Gasteiger charge is 2.30. The Morgan fingerprint density at radius 2 is 1.63 bits per heavy atom. The first-order chi connectivity index (χ1) is 14.1. The standard InChI is InChI=1S/C21H31N3O6/c1-5-29-20(27)14(4)11-16(18(22)25)23-19(26)17(13(2)3)24-21(28)30-12-15-9-7-6-8-10-15/h6-10,13-14,16-17H,5,11-12H2,1-4H3,(H2,22,25)(H,23,26)(H,24,28)/t14-,16+,17+/m0/s1. The topological polar surface area (TPSA) is 137 Å². The van der Waals surface area contributed by atoms with Crippen LogP contribution in [-0.2, 0) is 30.5 Å². The molecule has 1 rings (SSSR count). The molecule has 0 aromatic heterocycles. The van der Waals surface area contributed by atoms with E-state index >= 15 is 0 Å². The maximum atomic E-state index is 12.7. The van der Waals surface area contributed by atoms with Gasteiger partial charge in [-0.05, 0) is 24.8 Å². The molecule has 166 valence electrons. The van der Waals surface area contributed by atoms with Gasteiger partial charge in [0.1, 0.15) is 18.7 Å². The maximum absolute atomic E-state index is 12.7. The number of nitrogens with one attached hydrogen (secondary N) is 2. The summed E-state index contributed by atoms with van der Waals surface area (Å²) in [5.41, 5.74) is 6.18. The van der Waals surface area contributed by atoms with E-state index in [0.717, 1.165) is 5.56 Å². The van der Waals surface area contributed by atoms with Crippen molar-refractivity contribution in [1.29, 1.82) is 0 Å². The highest BCUT2D eigenvalue weighted by Crippen LogP contribution is 2.10. The van der Waals surface area contributed by atoms with Gasteiger partial charge in [0.2, 0.25) is 11.8 Å². The van der Waals surface area contributed by atoms with Gasteiger partial charge < -0.3 is 25.8 Å². The molecule has 0 saturated carbocycles. The number of alkyl carbamates (subject to hydrolysis) is 1. The van der Waals surface area contributed by atoms with E-state index in [-0.39, 0.29) is 25.6 Å². The third-order valence-corrected chi connectivity index (χ3v) is 4.37. The summed E-state index contributed by atoms with van der Waals surface area (Å²) in [5, 5.41) is 5.02. The number of amides is 3. The van der Waals surface area contributed by atoms with E-state index in [2.05, 4.69) is 10.6 Å². The number of carbonyl (C=O) groups excluding carboxylic acids is 4. The normalized spacial score (nSPS) is 13.6. The van der Waals surface area contributed by atoms with Gasteiger partial charge in [-0.1, -0.05) is 51.1 Å². The zero-order chi connectivity index (χ0) is 22.7. The molecular weight excluding hydrogens is 390 g/mol. The van der Waals surface area contributed by atoms with E-state index in [1.165, 1.54) is 0 Å². The largest absolute Gasteiger partial charge is 0.466 e. The summed E-state index contributed by atoms with van der Waals surface area (Å²) in [6, 6.07) is 7.07. The monoisotopic (exact) mass is 421 g/mol. The summed E-state index contributed by atoms with van der Waals surface area (Å²) >= 11 is 0. The smallest absolute Gasteiger partial charge is 0.408 e. The van der Waals surface area contributed by atoms with Gasteiger partial charge >= 0.3 is 12.1 Å². The number of rotatable bonds is 11. The Bertz CT molecular complexity index is 723. The minimum absolute atomic E-state index is 0.0107. The molecular formula is C21H31N3O6. The fraction of sp³-hybridized carbons (Fsp3) is 0.524. The Balaban J connectivity index is 2.70.